The first-order valence-corrected chi connectivity index (χ1v) is 23.1. The van der Waals surface area contributed by atoms with E-state index in [0.717, 1.165) is 65.7 Å². The molecule has 0 bridgehead atoms. The van der Waals surface area contributed by atoms with Gasteiger partial charge in [0.1, 0.15) is 0 Å². The van der Waals surface area contributed by atoms with Gasteiger partial charge in [-0.25, -0.2) is 0 Å². The Morgan fingerprint density at radius 1 is 0.387 bits per heavy atom. The van der Waals surface area contributed by atoms with Crippen LogP contribution in [0.25, 0.3) is 11.1 Å². The van der Waals surface area contributed by atoms with Crippen molar-refractivity contribution in [1.29, 1.82) is 0 Å². The number of alkyl halides is 4. The summed E-state index contributed by atoms with van der Waals surface area (Å²) in [5.74, 6) is -1.38. The molecular weight excluding hydrogens is 834 g/mol. The molecule has 0 saturated heterocycles. The van der Waals surface area contributed by atoms with Gasteiger partial charge in [0.2, 0.25) is 11.5 Å². The maximum absolute atomic E-state index is 15.9. The van der Waals surface area contributed by atoms with Gasteiger partial charge in [-0.05, 0) is 118 Å². The molecule has 0 saturated carbocycles. The summed E-state index contributed by atoms with van der Waals surface area (Å²) in [6.07, 6.45) is -8.27. The number of hydrogen-bond acceptors (Lipinski definition) is 6. The van der Waals surface area contributed by atoms with Gasteiger partial charge in [-0.3, -0.25) is 0 Å². The van der Waals surface area contributed by atoms with Crippen LogP contribution in [0.2, 0.25) is 0 Å². The molecule has 6 nitrogen and oxygen atoms in total. The van der Waals surface area contributed by atoms with Gasteiger partial charge >= 0.3 is 12.6 Å². The van der Waals surface area contributed by atoms with Crippen molar-refractivity contribution in [2.45, 2.75) is 81.8 Å². The molecule has 6 aromatic carbocycles. The number of hydrogen-bond donors (Lipinski definition) is 0. The lowest BCUT2D eigenvalue weighted by atomic mass is 10.0. The highest BCUT2D eigenvalue weighted by molar-refractivity contribution is 7.80. The summed E-state index contributed by atoms with van der Waals surface area (Å²) in [5, 5.41) is 4.59. The Bertz CT molecular complexity index is 2380. The lowest BCUT2D eigenvalue weighted by molar-refractivity contribution is -0.288. The molecule has 0 unspecified atom stereocenters. The fraction of sp³-hybridized carbons (Fsp3) is 0.280. The SMILES string of the molecule is CCOc1cc(P(c2cc(C)cc(C)c2)c2cc(C)cc(C)c2)c(-c2c(P(c3cc(C)cc(C)c3)c3cc(C)cc(C)c3)cc(OCC)c3c2OC(F)(F)O3)c2c1OC(F)(F)O2. The van der Waals surface area contributed by atoms with Crippen molar-refractivity contribution in [2.24, 2.45) is 0 Å². The second-order valence-corrected chi connectivity index (χ2v) is 20.5. The molecule has 0 amide bonds. The van der Waals surface area contributed by atoms with Gasteiger partial charge < -0.3 is 28.4 Å². The lowest BCUT2D eigenvalue weighted by Gasteiger charge is -2.29. The number of ether oxygens (including phenoxy) is 6. The van der Waals surface area contributed by atoms with Crippen LogP contribution in [0.5, 0.6) is 34.5 Å². The highest BCUT2D eigenvalue weighted by Crippen LogP contribution is 2.61. The summed E-state index contributed by atoms with van der Waals surface area (Å²) in [4.78, 5) is 0. The highest BCUT2D eigenvalue weighted by Gasteiger charge is 2.52. The van der Waals surface area contributed by atoms with Crippen LogP contribution in [0.4, 0.5) is 17.6 Å². The van der Waals surface area contributed by atoms with Gasteiger partial charge in [0.05, 0.1) is 13.2 Å². The molecule has 2 heterocycles. The first kappa shape index (κ1) is 43.4. The van der Waals surface area contributed by atoms with Crippen molar-refractivity contribution in [2.75, 3.05) is 13.2 Å². The van der Waals surface area contributed by atoms with E-state index in [9.17, 15) is 0 Å². The first-order chi connectivity index (χ1) is 29.3. The minimum atomic E-state index is -4.13. The summed E-state index contributed by atoms with van der Waals surface area (Å²) in [6, 6.07) is 28.3. The largest absolute Gasteiger partial charge is 0.586 e. The molecule has 62 heavy (non-hydrogen) atoms. The average Bonchev–Trinajstić information content (AvgIpc) is 3.65. The maximum Gasteiger partial charge on any atom is 0.586 e. The molecule has 2 aliphatic heterocycles. The highest BCUT2D eigenvalue weighted by atomic mass is 31.1. The normalized spacial score (nSPS) is 14.5. The first-order valence-electron chi connectivity index (χ1n) is 20.5. The van der Waals surface area contributed by atoms with Crippen molar-refractivity contribution in [3.8, 4) is 45.6 Å². The fourth-order valence-corrected chi connectivity index (χ4v) is 14.4. The van der Waals surface area contributed by atoms with Crippen LogP contribution >= 0.6 is 15.8 Å². The van der Waals surface area contributed by atoms with Crippen LogP contribution in [0.3, 0.4) is 0 Å². The van der Waals surface area contributed by atoms with Crippen molar-refractivity contribution < 1.29 is 46.0 Å². The predicted octanol–water partition coefficient (Wildman–Crippen LogP) is 10.8. The predicted molar refractivity (Wildman–Crippen MR) is 242 cm³/mol. The van der Waals surface area contributed by atoms with Crippen LogP contribution in [0.15, 0.2) is 84.9 Å². The summed E-state index contributed by atoms with van der Waals surface area (Å²) in [5.41, 5.74) is 8.11. The van der Waals surface area contributed by atoms with E-state index >= 15 is 17.6 Å². The Hall–Kier alpha value is -5.30. The third-order valence-corrected chi connectivity index (χ3v) is 15.2. The Labute approximate surface area is 362 Å². The van der Waals surface area contributed by atoms with Gasteiger partial charge in [-0.15, -0.1) is 17.6 Å². The second-order valence-electron chi connectivity index (χ2n) is 16.1. The molecule has 0 N–H and O–H groups in total. The number of rotatable bonds is 11. The van der Waals surface area contributed by atoms with E-state index in [1.807, 2.05) is 55.4 Å². The quantitative estimate of drug-likeness (QED) is 0.0955. The van der Waals surface area contributed by atoms with Crippen LogP contribution in [0.1, 0.15) is 58.4 Å². The molecule has 0 atom stereocenters. The smallest absolute Gasteiger partial charge is 0.490 e. The lowest BCUT2D eigenvalue weighted by Crippen LogP contribution is -2.29. The molecule has 0 fully saturated rings. The van der Waals surface area contributed by atoms with Gasteiger partial charge in [0.25, 0.3) is 0 Å². The molecule has 6 aromatic rings. The van der Waals surface area contributed by atoms with Gasteiger partial charge in [-0.1, -0.05) is 117 Å². The van der Waals surface area contributed by atoms with Gasteiger partial charge in [0, 0.05) is 21.7 Å². The van der Waals surface area contributed by atoms with E-state index in [-0.39, 0.29) is 58.8 Å². The summed E-state index contributed by atoms with van der Waals surface area (Å²) in [7, 11) is -3.39. The Balaban J connectivity index is 1.62. The average molecular weight is 883 g/mol. The van der Waals surface area contributed by atoms with Crippen molar-refractivity contribution in [3.05, 3.63) is 129 Å². The van der Waals surface area contributed by atoms with Gasteiger partial charge in [0.15, 0.2) is 23.0 Å². The van der Waals surface area contributed by atoms with E-state index in [1.165, 1.54) is 0 Å². The number of benzene rings is 6. The van der Waals surface area contributed by atoms with Crippen molar-refractivity contribution >= 4 is 47.7 Å². The van der Waals surface area contributed by atoms with Crippen LogP contribution in [0, 0.1) is 55.4 Å². The van der Waals surface area contributed by atoms with Crippen LogP contribution < -0.4 is 60.2 Å². The standard InChI is InChI=1S/C50H48F4O6P2/c1-11-55-39-25-41(61(35-17-27(3)13-28(4)18-35)36-19-29(5)14-30(6)20-36)43(47-45(39)57-49(51,52)59-47)44-42(26-40(56-12-2)46-48(44)60-50(53,54)58-46)62(37-21-31(7)15-32(8)22-37)38-23-33(9)16-34(10)24-38/h13-26H,11-12H2,1-10H3. The molecule has 2 aliphatic rings. The van der Waals surface area contributed by atoms with Crippen molar-refractivity contribution in [3.63, 3.8) is 0 Å². The third-order valence-electron chi connectivity index (χ3n) is 10.4. The Morgan fingerprint density at radius 3 is 0.871 bits per heavy atom. The zero-order chi connectivity index (χ0) is 44.4. The van der Waals surface area contributed by atoms with Gasteiger partial charge in [-0.2, -0.15) is 0 Å². The maximum atomic E-state index is 15.9. The number of fused-ring (bicyclic) bond motifs is 2. The molecule has 322 valence electrons. The third kappa shape index (κ3) is 8.44. The zero-order valence-corrected chi connectivity index (χ0v) is 38.1. The minimum Gasteiger partial charge on any atom is -0.490 e. The minimum absolute atomic E-state index is 0.0252. The molecule has 0 radical (unpaired) electrons. The van der Waals surface area contributed by atoms with Crippen LogP contribution in [-0.2, 0) is 0 Å². The Kier molecular flexibility index (Phi) is 11.5. The molecule has 8 rings (SSSR count). The van der Waals surface area contributed by atoms with E-state index in [0.29, 0.717) is 10.6 Å². The van der Waals surface area contributed by atoms with E-state index in [1.54, 1.807) is 26.0 Å². The summed E-state index contributed by atoms with van der Waals surface area (Å²) in [6.45, 7) is 19.8. The monoisotopic (exact) mass is 882 g/mol. The molecule has 0 aliphatic carbocycles. The molecule has 0 aromatic heterocycles. The zero-order valence-electron chi connectivity index (χ0n) is 36.4. The molecule has 0 spiro atoms. The van der Waals surface area contributed by atoms with Crippen LogP contribution in [-0.4, -0.2) is 25.8 Å². The summed E-state index contributed by atoms with van der Waals surface area (Å²) >= 11 is 0. The fourth-order valence-electron chi connectivity index (χ4n) is 8.65. The second kappa shape index (κ2) is 16.4. The Morgan fingerprint density at radius 2 is 0.629 bits per heavy atom. The summed E-state index contributed by atoms with van der Waals surface area (Å²) < 4.78 is 97.6. The van der Waals surface area contributed by atoms with E-state index < -0.39 is 28.4 Å². The number of halogens is 4. The topological polar surface area (TPSA) is 55.4 Å². The van der Waals surface area contributed by atoms with E-state index in [2.05, 4.69) is 72.8 Å². The molecular formula is C50H48F4O6P2. The number of aryl methyl sites for hydroxylation is 8. The van der Waals surface area contributed by atoms with E-state index in [4.69, 9.17) is 28.4 Å². The molecule has 12 heteroatoms. The van der Waals surface area contributed by atoms with Crippen molar-refractivity contribution in [1.82, 2.24) is 0 Å².